The molecular weight excluding hydrogens is 275 g/mol. The van der Waals surface area contributed by atoms with Gasteiger partial charge in [-0.15, -0.1) is 0 Å². The molecule has 1 atom stereocenters. The highest BCUT2D eigenvalue weighted by atomic mass is 19.1. The molecule has 0 fully saturated rings. The van der Waals surface area contributed by atoms with Gasteiger partial charge in [-0.3, -0.25) is 9.48 Å². The van der Waals surface area contributed by atoms with Gasteiger partial charge in [0.1, 0.15) is 18.5 Å². The zero-order valence-electron chi connectivity index (χ0n) is 11.4. The summed E-state index contributed by atoms with van der Waals surface area (Å²) < 4.78 is 15.1. The number of benzene rings is 1. The molecule has 1 aromatic heterocycles. The Morgan fingerprint density at radius 1 is 1.43 bits per heavy atom. The molecule has 2 aromatic rings. The lowest BCUT2D eigenvalue weighted by Gasteiger charge is -2.13. The number of hydrogen-bond acceptors (Lipinski definition) is 4. The van der Waals surface area contributed by atoms with Crippen molar-refractivity contribution in [1.82, 2.24) is 20.1 Å². The van der Waals surface area contributed by atoms with Crippen molar-refractivity contribution in [1.29, 1.82) is 0 Å². The highest BCUT2D eigenvalue weighted by molar-refractivity contribution is 5.75. The van der Waals surface area contributed by atoms with E-state index in [2.05, 4.69) is 15.4 Å². The maximum atomic E-state index is 13.4. The minimum absolute atomic E-state index is 0.0108. The zero-order chi connectivity index (χ0) is 15.1. The van der Waals surface area contributed by atoms with Crippen molar-refractivity contribution in [2.24, 2.45) is 0 Å². The van der Waals surface area contributed by atoms with Crippen LogP contribution in [0.3, 0.4) is 0 Å². The van der Waals surface area contributed by atoms with Crippen LogP contribution in [-0.4, -0.2) is 32.3 Å². The van der Waals surface area contributed by atoms with Crippen LogP contribution in [0.1, 0.15) is 24.5 Å². The highest BCUT2D eigenvalue weighted by Crippen LogP contribution is 2.15. The molecule has 0 radical (unpaired) electrons. The first-order chi connectivity index (χ1) is 10.2. The number of aryl methyl sites for hydroxylation is 1. The number of hydrogen-bond donors (Lipinski definition) is 2. The van der Waals surface area contributed by atoms with Gasteiger partial charge in [0.2, 0.25) is 5.91 Å². The lowest BCUT2D eigenvalue weighted by atomic mass is 10.1. The van der Waals surface area contributed by atoms with Crippen molar-refractivity contribution in [2.75, 3.05) is 6.54 Å². The third-order valence-corrected chi connectivity index (χ3v) is 3.01. The highest BCUT2D eigenvalue weighted by Gasteiger charge is 2.13. The number of aliphatic hydroxyl groups excluding tert-OH is 1. The van der Waals surface area contributed by atoms with Gasteiger partial charge in [0, 0.05) is 25.1 Å². The molecule has 2 rings (SSSR count). The van der Waals surface area contributed by atoms with Gasteiger partial charge in [0.15, 0.2) is 0 Å². The fourth-order valence-electron chi connectivity index (χ4n) is 1.90. The molecule has 1 aromatic carbocycles. The number of carbonyl (C=O) groups is 1. The lowest BCUT2D eigenvalue weighted by Crippen LogP contribution is -2.28. The molecule has 1 amide bonds. The maximum Gasteiger partial charge on any atom is 0.220 e. The Bertz CT molecular complexity index is 574. The largest absolute Gasteiger partial charge is 0.386 e. The molecule has 112 valence electrons. The van der Waals surface area contributed by atoms with E-state index < -0.39 is 11.9 Å². The first-order valence-electron chi connectivity index (χ1n) is 6.68. The number of amides is 1. The minimum atomic E-state index is -1.05. The van der Waals surface area contributed by atoms with Crippen molar-refractivity contribution in [3.05, 3.63) is 48.3 Å². The van der Waals surface area contributed by atoms with E-state index in [4.69, 9.17) is 0 Å². The molecule has 1 heterocycles. The number of aliphatic hydroxyl groups is 1. The first-order valence-corrected chi connectivity index (χ1v) is 6.68. The van der Waals surface area contributed by atoms with Crippen molar-refractivity contribution >= 4 is 5.91 Å². The van der Waals surface area contributed by atoms with Gasteiger partial charge in [0.25, 0.3) is 0 Å². The Balaban J connectivity index is 1.70. The quantitative estimate of drug-likeness (QED) is 0.799. The number of aromatic nitrogens is 3. The van der Waals surface area contributed by atoms with Crippen molar-refractivity contribution in [2.45, 2.75) is 25.5 Å². The van der Waals surface area contributed by atoms with E-state index in [0.29, 0.717) is 19.4 Å². The summed E-state index contributed by atoms with van der Waals surface area (Å²) in [5, 5.41) is 16.4. The fourth-order valence-corrected chi connectivity index (χ4v) is 1.90. The first kappa shape index (κ1) is 15.1. The molecule has 0 aliphatic heterocycles. The van der Waals surface area contributed by atoms with E-state index in [0.717, 1.165) is 0 Å². The van der Waals surface area contributed by atoms with E-state index in [9.17, 15) is 14.3 Å². The Morgan fingerprint density at radius 3 is 2.95 bits per heavy atom. The molecular formula is C14H17FN4O2. The standard InChI is InChI=1S/C14H17FN4O2/c15-12-5-2-1-4-11(12)13(20)8-17-14(21)6-3-7-19-10-16-9-18-19/h1-2,4-5,9-10,13,20H,3,6-8H2,(H,17,21). The monoisotopic (exact) mass is 292 g/mol. The van der Waals surface area contributed by atoms with Crippen LogP contribution in [0.5, 0.6) is 0 Å². The van der Waals surface area contributed by atoms with Crippen LogP contribution in [0.25, 0.3) is 0 Å². The molecule has 2 N–H and O–H groups in total. The summed E-state index contributed by atoms with van der Waals surface area (Å²) in [5.41, 5.74) is 0.181. The maximum absolute atomic E-state index is 13.4. The normalized spacial score (nSPS) is 12.1. The smallest absolute Gasteiger partial charge is 0.220 e. The average molecular weight is 292 g/mol. The topological polar surface area (TPSA) is 80.0 Å². The Morgan fingerprint density at radius 2 is 2.24 bits per heavy atom. The van der Waals surface area contributed by atoms with Crippen LogP contribution in [-0.2, 0) is 11.3 Å². The number of halogens is 1. The Labute approximate surface area is 121 Å². The number of carbonyl (C=O) groups excluding carboxylic acids is 1. The summed E-state index contributed by atoms with van der Waals surface area (Å²) in [6.45, 7) is 0.590. The van der Waals surface area contributed by atoms with E-state index in [-0.39, 0.29) is 18.0 Å². The second-order valence-corrected chi connectivity index (χ2v) is 4.60. The van der Waals surface area contributed by atoms with Crippen LogP contribution < -0.4 is 5.32 Å². The second kappa shape index (κ2) is 7.49. The van der Waals surface area contributed by atoms with Gasteiger partial charge in [-0.05, 0) is 12.5 Å². The van der Waals surface area contributed by atoms with Crippen LogP contribution in [0.15, 0.2) is 36.9 Å². The summed E-state index contributed by atoms with van der Waals surface area (Å²) in [7, 11) is 0. The molecule has 0 bridgehead atoms. The van der Waals surface area contributed by atoms with Gasteiger partial charge in [0.05, 0.1) is 6.10 Å². The molecule has 7 heteroatoms. The van der Waals surface area contributed by atoms with Crippen LogP contribution in [0, 0.1) is 5.82 Å². The van der Waals surface area contributed by atoms with Gasteiger partial charge in [-0.2, -0.15) is 5.10 Å². The minimum Gasteiger partial charge on any atom is -0.386 e. The van der Waals surface area contributed by atoms with Crippen molar-refractivity contribution < 1.29 is 14.3 Å². The third-order valence-electron chi connectivity index (χ3n) is 3.01. The van der Waals surface area contributed by atoms with Gasteiger partial charge >= 0.3 is 0 Å². The molecule has 1 unspecified atom stereocenters. The van der Waals surface area contributed by atoms with E-state index >= 15 is 0 Å². The van der Waals surface area contributed by atoms with Crippen molar-refractivity contribution in [3.8, 4) is 0 Å². The summed E-state index contributed by atoms with van der Waals surface area (Å²) in [4.78, 5) is 15.4. The Hall–Kier alpha value is -2.28. The number of nitrogens with zero attached hydrogens (tertiary/aromatic N) is 3. The predicted octanol–water partition coefficient (Wildman–Crippen LogP) is 1.05. The van der Waals surface area contributed by atoms with Gasteiger partial charge in [-0.25, -0.2) is 9.37 Å². The zero-order valence-corrected chi connectivity index (χ0v) is 11.4. The lowest BCUT2D eigenvalue weighted by molar-refractivity contribution is -0.121. The SMILES string of the molecule is O=C(CCCn1cncn1)NCC(O)c1ccccc1F. The molecule has 6 nitrogen and oxygen atoms in total. The number of nitrogens with one attached hydrogen (secondary N) is 1. The molecule has 0 spiro atoms. The van der Waals surface area contributed by atoms with E-state index in [1.807, 2.05) is 0 Å². The van der Waals surface area contributed by atoms with Gasteiger partial charge in [-0.1, -0.05) is 18.2 Å². The number of rotatable bonds is 7. The Kier molecular flexibility index (Phi) is 5.39. The van der Waals surface area contributed by atoms with Crippen LogP contribution in [0.2, 0.25) is 0 Å². The van der Waals surface area contributed by atoms with E-state index in [1.54, 1.807) is 23.1 Å². The molecule has 0 aliphatic rings. The average Bonchev–Trinajstić information content (AvgIpc) is 2.98. The van der Waals surface area contributed by atoms with Crippen molar-refractivity contribution in [3.63, 3.8) is 0 Å². The van der Waals surface area contributed by atoms with E-state index in [1.165, 1.54) is 18.5 Å². The molecule has 0 aliphatic carbocycles. The summed E-state index contributed by atoms with van der Waals surface area (Å²) >= 11 is 0. The van der Waals surface area contributed by atoms with Crippen LogP contribution >= 0.6 is 0 Å². The molecule has 21 heavy (non-hydrogen) atoms. The summed E-state index contributed by atoms with van der Waals surface area (Å²) in [6, 6.07) is 5.96. The summed E-state index contributed by atoms with van der Waals surface area (Å²) in [6.07, 6.45) is 2.89. The second-order valence-electron chi connectivity index (χ2n) is 4.60. The summed E-state index contributed by atoms with van der Waals surface area (Å²) in [5.74, 6) is -0.670. The molecule has 0 saturated carbocycles. The molecule has 0 saturated heterocycles. The fraction of sp³-hybridized carbons (Fsp3) is 0.357. The van der Waals surface area contributed by atoms with Gasteiger partial charge < -0.3 is 10.4 Å². The third kappa shape index (κ3) is 4.64. The predicted molar refractivity (Wildman–Crippen MR) is 73.6 cm³/mol. The van der Waals surface area contributed by atoms with Crippen LogP contribution in [0.4, 0.5) is 4.39 Å².